The van der Waals surface area contributed by atoms with Gasteiger partial charge in [-0.15, -0.1) is 0 Å². The van der Waals surface area contributed by atoms with Crippen molar-refractivity contribution in [1.82, 2.24) is 19.9 Å². The molecule has 5 rings (SSSR count). The number of nitrogens with zero attached hydrogens (tertiary/aromatic N) is 2. The second kappa shape index (κ2) is 23.3. The Morgan fingerprint density at radius 2 is 1.31 bits per heavy atom. The molecule has 0 amide bonds. The fourth-order valence-electron chi connectivity index (χ4n) is 2.85. The number of H-pyrrole nitrogens is 2. The first-order chi connectivity index (χ1) is 18.5. The van der Waals surface area contributed by atoms with Gasteiger partial charge >= 0.3 is 22.5 Å². The number of aromatic nitrogens is 4. The second-order valence-corrected chi connectivity index (χ2v) is 8.19. The summed E-state index contributed by atoms with van der Waals surface area (Å²) in [6.45, 7) is 1.97. The van der Waals surface area contributed by atoms with Gasteiger partial charge < -0.3 is 19.8 Å². The van der Waals surface area contributed by atoms with Crippen LogP contribution in [0.5, 0.6) is 0 Å². The molecule has 1 aliphatic heterocycles. The van der Waals surface area contributed by atoms with Crippen molar-refractivity contribution in [3.63, 3.8) is 0 Å². The van der Waals surface area contributed by atoms with Crippen LogP contribution < -0.4 is 0 Å². The first kappa shape index (κ1) is 37.6. The molecule has 3 heterocycles. The summed E-state index contributed by atoms with van der Waals surface area (Å²) in [6.07, 6.45) is 6.40. The average molecular weight is 844 g/mol. The molecule has 0 aliphatic carbocycles. The molecule has 1 fully saturated rings. The number of rotatable bonds is 4. The average Bonchev–Trinajstić information content (AvgIpc) is 3.75. The number of aldehydes is 1. The van der Waals surface area contributed by atoms with Crippen molar-refractivity contribution in [2.24, 2.45) is 0 Å². The molecule has 9 nitrogen and oxygen atoms in total. The summed E-state index contributed by atoms with van der Waals surface area (Å²) < 4.78 is 21.8. The van der Waals surface area contributed by atoms with Crippen LogP contribution in [-0.2, 0) is 33.8 Å². The molecule has 0 radical (unpaired) electrons. The van der Waals surface area contributed by atoms with Gasteiger partial charge in [0.05, 0.1) is 30.4 Å². The fraction of sp³-hybridized carbons (Fsp3) is 0.240. The van der Waals surface area contributed by atoms with E-state index in [1.165, 1.54) is 19.0 Å². The zero-order valence-corrected chi connectivity index (χ0v) is 26.8. The molecule has 0 bridgehead atoms. The van der Waals surface area contributed by atoms with Gasteiger partial charge in [0.2, 0.25) is 0 Å². The number of benzene rings is 2. The number of imidazole rings is 2. The molecule has 14 heteroatoms. The van der Waals surface area contributed by atoms with E-state index in [-0.39, 0.29) is 14.0 Å². The Labute approximate surface area is 266 Å². The zero-order valence-electron chi connectivity index (χ0n) is 19.8. The third-order valence-corrected chi connectivity index (χ3v) is 5.09. The Hall–Kier alpha value is -1.39. The minimum atomic E-state index is -1.44. The number of aromatic amines is 2. The predicted octanol–water partition coefficient (Wildman–Crippen LogP) is 7.73. The van der Waals surface area contributed by atoms with Gasteiger partial charge in [-0.25, -0.2) is 9.97 Å². The number of halogens is 4. The quantitative estimate of drug-likeness (QED) is 0.109. The number of hydrogen-bond acceptors (Lipinski definition) is 7. The third kappa shape index (κ3) is 15.3. The Morgan fingerprint density at radius 3 is 1.64 bits per heavy atom. The predicted molar refractivity (Wildman–Crippen MR) is 166 cm³/mol. The monoisotopic (exact) mass is 843 g/mol. The third-order valence-electron chi connectivity index (χ3n) is 4.58. The molecule has 0 saturated carbocycles. The van der Waals surface area contributed by atoms with Crippen LogP contribution in [0.3, 0.4) is 0 Å². The van der Waals surface area contributed by atoms with Crippen LogP contribution in [0, 0.1) is 0 Å². The van der Waals surface area contributed by atoms with Gasteiger partial charge in [-0.1, -0.05) is 30.6 Å². The van der Waals surface area contributed by atoms with E-state index in [0.717, 1.165) is 36.5 Å². The number of aliphatic hydroxyl groups excluding tert-OH is 1. The van der Waals surface area contributed by atoms with Gasteiger partial charge in [-0.05, 0) is 61.4 Å². The molecule has 3 N–H and O–H groups in total. The molecule has 1 saturated heterocycles. The van der Waals surface area contributed by atoms with E-state index in [1.807, 2.05) is 24.3 Å². The minimum absolute atomic E-state index is 0. The van der Waals surface area contributed by atoms with Crippen LogP contribution in [0.15, 0.2) is 60.9 Å². The number of nitrogens with one attached hydrogen (secondary N) is 2. The van der Waals surface area contributed by atoms with Crippen LogP contribution in [0.4, 0.5) is 0 Å². The van der Waals surface area contributed by atoms with Crippen molar-refractivity contribution >= 4 is 66.7 Å². The zero-order chi connectivity index (χ0) is 28.2. The Kier molecular flexibility index (Phi) is 22.5. The van der Waals surface area contributed by atoms with Crippen LogP contribution in [-0.4, -0.2) is 44.5 Å². The first-order valence-corrected chi connectivity index (χ1v) is 18.8. The van der Waals surface area contributed by atoms with Crippen LogP contribution >= 0.6 is 60.4 Å². The normalized spacial score (nSPS) is 10.9. The van der Waals surface area contributed by atoms with Crippen molar-refractivity contribution in [2.45, 2.75) is 26.9 Å². The Balaban J connectivity index is 0.000000543. The molecule has 2 aromatic heterocycles. The van der Waals surface area contributed by atoms with Gasteiger partial charge in [-0.3, -0.25) is 4.79 Å². The van der Waals surface area contributed by atoms with Crippen LogP contribution in [0.1, 0.15) is 36.5 Å². The van der Waals surface area contributed by atoms with Gasteiger partial charge in [0.1, 0.15) is 11.6 Å². The van der Waals surface area contributed by atoms with E-state index in [4.69, 9.17) is 40.7 Å². The van der Waals surface area contributed by atoms with E-state index >= 15 is 0 Å². The number of aliphatic hydroxyl groups is 1. The van der Waals surface area contributed by atoms with E-state index < -0.39 is 14.8 Å². The SMILES string of the molecule is C.C1CCOC1.II.O=Cc1cnc(-c2ccc(Cl)cc2)[nH]1.OCc1cnc(-c2ccc(Cl)cc2)[nH]1.[O]=[Mn]=[O]. The summed E-state index contributed by atoms with van der Waals surface area (Å²) in [6, 6.07) is 14.6. The molecule has 4 aromatic rings. The van der Waals surface area contributed by atoms with E-state index in [2.05, 4.69) is 57.2 Å². The van der Waals surface area contributed by atoms with Crippen LogP contribution in [0.25, 0.3) is 22.8 Å². The first-order valence-electron chi connectivity index (χ1n) is 10.8. The van der Waals surface area contributed by atoms with Gasteiger partial charge in [0.15, 0.2) is 6.29 Å². The summed E-state index contributed by atoms with van der Waals surface area (Å²) in [4.78, 5) is 24.5. The standard InChI is InChI=1S/C10H9ClN2O.C10H7ClN2O.C4H8O.CH4.I2.Mn.2O/c2*11-8-3-1-7(2-4-8)10-12-5-9(6-14)13-10;1-2-4-5-3-1;;1-2;;;/h1-5,14H,6H2,(H,12,13);1-6H,(H,12,13);1-4H2;1H4;;;;. The summed E-state index contributed by atoms with van der Waals surface area (Å²) >= 11 is 14.3. The molecule has 2 aromatic carbocycles. The van der Waals surface area contributed by atoms with E-state index in [9.17, 15) is 4.79 Å². The van der Waals surface area contributed by atoms with Gasteiger partial charge in [0, 0.05) is 71.6 Å². The van der Waals surface area contributed by atoms with Crippen molar-refractivity contribution < 1.29 is 37.1 Å². The fourth-order valence-corrected chi connectivity index (χ4v) is 3.11. The second-order valence-electron chi connectivity index (χ2n) is 7.12. The summed E-state index contributed by atoms with van der Waals surface area (Å²) in [5.74, 6) is 1.41. The summed E-state index contributed by atoms with van der Waals surface area (Å²) in [5, 5.41) is 10.2. The number of ether oxygens (including phenoxy) is 1. The number of hydrogen-bond donors (Lipinski definition) is 3. The maximum absolute atomic E-state index is 10.4. The molecule has 0 spiro atoms. The molecule has 213 valence electrons. The van der Waals surface area contributed by atoms with Gasteiger partial charge in [0.25, 0.3) is 0 Å². The maximum atomic E-state index is 10.4. The molecule has 0 unspecified atom stereocenters. The number of carbonyl (C=O) groups excluding carboxylic acids is 1. The molecular formula is C25H28Cl2I2MnN4O5. The Bertz CT molecular complexity index is 1220. The van der Waals surface area contributed by atoms with Crippen molar-refractivity contribution in [3.8, 4) is 22.8 Å². The van der Waals surface area contributed by atoms with E-state index in [0.29, 0.717) is 27.3 Å². The Morgan fingerprint density at radius 1 is 0.872 bits per heavy atom. The van der Waals surface area contributed by atoms with Gasteiger partial charge in [-0.2, -0.15) is 0 Å². The van der Waals surface area contributed by atoms with Crippen LogP contribution in [0.2, 0.25) is 10.0 Å². The topological polar surface area (TPSA) is 138 Å². The molecule has 39 heavy (non-hydrogen) atoms. The summed E-state index contributed by atoms with van der Waals surface area (Å²) in [5.41, 5.74) is 3.03. The molecule has 0 atom stereocenters. The van der Waals surface area contributed by atoms with Crippen molar-refractivity contribution in [2.75, 3.05) is 13.2 Å². The van der Waals surface area contributed by atoms with E-state index in [1.54, 1.807) is 30.5 Å². The molecule has 1 aliphatic rings. The van der Waals surface area contributed by atoms with Crippen molar-refractivity contribution in [1.29, 1.82) is 0 Å². The number of carbonyl (C=O) groups is 1. The molecular weight excluding hydrogens is 816 g/mol. The summed E-state index contributed by atoms with van der Waals surface area (Å²) in [7, 11) is 0. The van der Waals surface area contributed by atoms with Crippen molar-refractivity contribution in [3.05, 3.63) is 82.4 Å².